The molecule has 1 aromatic rings. The second kappa shape index (κ2) is 7.04. The Labute approximate surface area is 117 Å². The van der Waals surface area contributed by atoms with Gasteiger partial charge in [0.15, 0.2) is 0 Å². The highest BCUT2D eigenvalue weighted by atomic mass is 16.5. The van der Waals surface area contributed by atoms with Crippen LogP contribution in [-0.2, 0) is 10.2 Å². The van der Waals surface area contributed by atoms with E-state index in [-0.39, 0.29) is 17.6 Å². The molecule has 0 fully saturated rings. The van der Waals surface area contributed by atoms with Gasteiger partial charge in [-0.05, 0) is 23.5 Å². The van der Waals surface area contributed by atoms with Crippen LogP contribution in [0, 0.1) is 0 Å². The Bertz CT molecular complexity index is 367. The number of hydrogen-bond acceptors (Lipinski definition) is 3. The van der Waals surface area contributed by atoms with E-state index >= 15 is 0 Å². The molecule has 3 heteroatoms. The van der Waals surface area contributed by atoms with Crippen molar-refractivity contribution in [3.8, 4) is 0 Å². The van der Waals surface area contributed by atoms with E-state index in [4.69, 9.17) is 10.5 Å². The molecule has 0 radical (unpaired) electrons. The highest BCUT2D eigenvalue weighted by Gasteiger charge is 2.15. The lowest BCUT2D eigenvalue weighted by atomic mass is 9.86. The molecule has 2 unspecified atom stereocenters. The van der Waals surface area contributed by atoms with Crippen LogP contribution in [0.3, 0.4) is 0 Å². The van der Waals surface area contributed by atoms with Gasteiger partial charge in [-0.15, -0.1) is 0 Å². The molecule has 0 heterocycles. The topological polar surface area (TPSA) is 47.3 Å². The average molecular weight is 264 g/mol. The fourth-order valence-electron chi connectivity index (χ4n) is 1.94. The number of methoxy groups -OCH3 is 1. The van der Waals surface area contributed by atoms with E-state index in [0.717, 1.165) is 6.54 Å². The molecule has 0 amide bonds. The summed E-state index contributed by atoms with van der Waals surface area (Å²) in [7, 11) is 1.72. The van der Waals surface area contributed by atoms with Crippen LogP contribution in [0.15, 0.2) is 24.3 Å². The van der Waals surface area contributed by atoms with Gasteiger partial charge in [0.2, 0.25) is 0 Å². The first-order chi connectivity index (χ1) is 8.88. The molecule has 0 saturated heterocycles. The third kappa shape index (κ3) is 4.94. The maximum atomic E-state index is 5.85. The minimum Gasteiger partial charge on any atom is -0.380 e. The lowest BCUT2D eigenvalue weighted by Crippen LogP contribution is -2.34. The Morgan fingerprint density at radius 2 is 1.79 bits per heavy atom. The van der Waals surface area contributed by atoms with Crippen LogP contribution in [0.4, 0.5) is 0 Å². The first-order valence-electron chi connectivity index (χ1n) is 6.95. The van der Waals surface area contributed by atoms with Crippen molar-refractivity contribution >= 4 is 0 Å². The number of ether oxygens (including phenoxy) is 1. The van der Waals surface area contributed by atoms with Gasteiger partial charge in [-0.3, -0.25) is 0 Å². The number of hydrogen-bond donors (Lipinski definition) is 2. The van der Waals surface area contributed by atoms with Crippen LogP contribution in [-0.4, -0.2) is 26.3 Å². The lowest BCUT2D eigenvalue weighted by Gasteiger charge is -2.22. The predicted octanol–water partition coefficient (Wildman–Crippen LogP) is 2.61. The van der Waals surface area contributed by atoms with Gasteiger partial charge in [0.25, 0.3) is 0 Å². The van der Waals surface area contributed by atoms with Gasteiger partial charge >= 0.3 is 0 Å². The molecular weight excluding hydrogens is 236 g/mol. The second-order valence-electron chi connectivity index (χ2n) is 6.11. The molecule has 0 saturated carbocycles. The van der Waals surface area contributed by atoms with E-state index in [2.05, 4.69) is 50.4 Å². The van der Waals surface area contributed by atoms with Crippen molar-refractivity contribution in [2.45, 2.75) is 45.3 Å². The summed E-state index contributed by atoms with van der Waals surface area (Å²) in [5, 5.41) is 3.44. The summed E-state index contributed by atoms with van der Waals surface area (Å²) >= 11 is 0. The fourth-order valence-corrected chi connectivity index (χ4v) is 1.94. The maximum Gasteiger partial charge on any atom is 0.0667 e. The number of rotatable bonds is 6. The molecule has 0 spiro atoms. The zero-order chi connectivity index (χ0) is 14.5. The summed E-state index contributed by atoms with van der Waals surface area (Å²) < 4.78 is 5.24. The molecule has 3 nitrogen and oxygen atoms in total. The van der Waals surface area contributed by atoms with Crippen molar-refractivity contribution in [3.05, 3.63) is 35.4 Å². The highest BCUT2D eigenvalue weighted by molar-refractivity contribution is 5.29. The summed E-state index contributed by atoms with van der Waals surface area (Å²) in [6.45, 7) is 10.1. The summed E-state index contributed by atoms with van der Waals surface area (Å²) in [6, 6.07) is 8.91. The van der Waals surface area contributed by atoms with Gasteiger partial charge in [0, 0.05) is 26.2 Å². The molecule has 3 N–H and O–H groups in total. The molecule has 108 valence electrons. The molecule has 0 aliphatic rings. The summed E-state index contributed by atoms with van der Waals surface area (Å²) in [4.78, 5) is 0. The van der Waals surface area contributed by atoms with Crippen molar-refractivity contribution in [2.75, 3.05) is 20.2 Å². The Morgan fingerprint density at radius 3 is 2.21 bits per heavy atom. The smallest absolute Gasteiger partial charge is 0.0667 e. The molecule has 0 aliphatic carbocycles. The minimum atomic E-state index is 0.187. The molecule has 0 aliphatic heterocycles. The Kier molecular flexibility index (Phi) is 5.98. The molecule has 19 heavy (non-hydrogen) atoms. The van der Waals surface area contributed by atoms with Crippen LogP contribution in [0.5, 0.6) is 0 Å². The van der Waals surface area contributed by atoms with Gasteiger partial charge in [-0.2, -0.15) is 0 Å². The number of nitrogens with two attached hydrogens (primary N) is 1. The van der Waals surface area contributed by atoms with E-state index in [1.807, 2.05) is 6.92 Å². The van der Waals surface area contributed by atoms with Crippen LogP contribution in [0.1, 0.15) is 44.9 Å². The van der Waals surface area contributed by atoms with Crippen LogP contribution in [0.25, 0.3) is 0 Å². The number of benzene rings is 1. The summed E-state index contributed by atoms with van der Waals surface area (Å²) in [6.07, 6.45) is 0.197. The van der Waals surface area contributed by atoms with Gasteiger partial charge < -0.3 is 15.8 Å². The first-order valence-corrected chi connectivity index (χ1v) is 6.95. The Morgan fingerprint density at radius 1 is 1.21 bits per heavy atom. The van der Waals surface area contributed by atoms with E-state index in [1.165, 1.54) is 11.1 Å². The monoisotopic (exact) mass is 264 g/mol. The molecule has 1 aromatic carbocycles. The van der Waals surface area contributed by atoms with Crippen molar-refractivity contribution in [1.82, 2.24) is 5.32 Å². The van der Waals surface area contributed by atoms with Crippen molar-refractivity contribution in [1.29, 1.82) is 0 Å². The summed E-state index contributed by atoms with van der Waals surface area (Å²) in [5.74, 6) is 0. The van der Waals surface area contributed by atoms with E-state index < -0.39 is 0 Å². The standard InChI is InChI=1S/C16H28N2O/c1-12(19-5)11-18-15(10-17)13-6-8-14(9-7-13)16(2,3)4/h6-9,12,15,18H,10-11,17H2,1-5H3. The van der Waals surface area contributed by atoms with Crippen molar-refractivity contribution in [2.24, 2.45) is 5.73 Å². The van der Waals surface area contributed by atoms with E-state index in [0.29, 0.717) is 6.54 Å². The predicted molar refractivity (Wildman–Crippen MR) is 81.4 cm³/mol. The van der Waals surface area contributed by atoms with Gasteiger partial charge in [0.1, 0.15) is 0 Å². The Hall–Kier alpha value is -0.900. The molecule has 2 atom stereocenters. The molecule has 0 bridgehead atoms. The second-order valence-corrected chi connectivity index (χ2v) is 6.11. The molecule has 0 aromatic heterocycles. The SMILES string of the molecule is COC(C)CNC(CN)c1ccc(C(C)(C)C)cc1. The van der Waals surface area contributed by atoms with Crippen molar-refractivity contribution < 1.29 is 4.74 Å². The maximum absolute atomic E-state index is 5.85. The van der Waals surface area contributed by atoms with Gasteiger partial charge in [0.05, 0.1) is 6.10 Å². The minimum absolute atomic E-state index is 0.187. The lowest BCUT2D eigenvalue weighted by molar-refractivity contribution is 0.114. The average Bonchev–Trinajstić information content (AvgIpc) is 2.38. The zero-order valence-electron chi connectivity index (χ0n) is 12.9. The zero-order valence-corrected chi connectivity index (χ0v) is 12.9. The third-order valence-electron chi connectivity index (χ3n) is 3.47. The largest absolute Gasteiger partial charge is 0.380 e. The normalized spacial score (nSPS) is 15.3. The van der Waals surface area contributed by atoms with Crippen LogP contribution in [0.2, 0.25) is 0 Å². The Balaban J connectivity index is 2.71. The highest BCUT2D eigenvalue weighted by Crippen LogP contribution is 2.23. The number of nitrogens with one attached hydrogen (secondary N) is 1. The molecular formula is C16H28N2O. The van der Waals surface area contributed by atoms with Gasteiger partial charge in [-0.1, -0.05) is 45.0 Å². The van der Waals surface area contributed by atoms with E-state index in [1.54, 1.807) is 7.11 Å². The van der Waals surface area contributed by atoms with Crippen molar-refractivity contribution in [3.63, 3.8) is 0 Å². The van der Waals surface area contributed by atoms with Gasteiger partial charge in [-0.25, -0.2) is 0 Å². The quantitative estimate of drug-likeness (QED) is 0.830. The van der Waals surface area contributed by atoms with E-state index in [9.17, 15) is 0 Å². The summed E-state index contributed by atoms with van der Waals surface area (Å²) in [5.41, 5.74) is 8.62. The van der Waals surface area contributed by atoms with Crippen LogP contribution >= 0.6 is 0 Å². The third-order valence-corrected chi connectivity index (χ3v) is 3.47. The van der Waals surface area contributed by atoms with Crippen LogP contribution < -0.4 is 11.1 Å². The first kappa shape index (κ1) is 16.2. The molecule has 1 rings (SSSR count). The fraction of sp³-hybridized carbons (Fsp3) is 0.625.